The fourth-order valence-corrected chi connectivity index (χ4v) is 3.79. The summed E-state index contributed by atoms with van der Waals surface area (Å²) in [5.41, 5.74) is 0. The number of hydrogen-bond acceptors (Lipinski definition) is 6. The van der Waals surface area contributed by atoms with Crippen LogP contribution in [0.5, 0.6) is 0 Å². The number of likely N-dealkylation sites (tertiary alicyclic amines) is 1. The zero-order chi connectivity index (χ0) is 16.9. The summed E-state index contributed by atoms with van der Waals surface area (Å²) in [5, 5.41) is 0. The number of aromatic nitrogens is 2. The molecule has 0 bridgehead atoms. The van der Waals surface area contributed by atoms with Gasteiger partial charge in [-0.3, -0.25) is 0 Å². The maximum Gasteiger partial charge on any atom is 0.134 e. The van der Waals surface area contributed by atoms with E-state index in [4.69, 9.17) is 4.74 Å². The van der Waals surface area contributed by atoms with Gasteiger partial charge in [0, 0.05) is 52.9 Å². The number of nitrogens with zero attached hydrogens (tertiary/aromatic N) is 5. The molecule has 2 aliphatic heterocycles. The molecule has 2 aliphatic rings. The minimum atomic E-state index is 0.521. The molecule has 3 rings (SSSR count). The summed E-state index contributed by atoms with van der Waals surface area (Å²) in [6.07, 6.45) is 6.69. The Bertz CT molecular complexity index is 518. The number of anilines is 2. The fraction of sp³-hybridized carbons (Fsp3) is 0.778. The van der Waals surface area contributed by atoms with Crippen LogP contribution in [-0.2, 0) is 4.74 Å². The average Bonchev–Trinajstić information content (AvgIpc) is 2.62. The quantitative estimate of drug-likeness (QED) is 0.820. The lowest BCUT2D eigenvalue weighted by molar-refractivity contribution is 0.0341. The molecule has 2 unspecified atom stereocenters. The van der Waals surface area contributed by atoms with Gasteiger partial charge in [-0.2, -0.15) is 0 Å². The lowest BCUT2D eigenvalue weighted by Gasteiger charge is -2.40. The van der Waals surface area contributed by atoms with Gasteiger partial charge >= 0.3 is 0 Å². The topological polar surface area (TPSA) is 44.7 Å². The van der Waals surface area contributed by atoms with Gasteiger partial charge in [-0.25, -0.2) is 9.97 Å². The molecular formula is C18H31N5O. The number of piperidine rings is 1. The zero-order valence-corrected chi connectivity index (χ0v) is 15.3. The molecule has 134 valence electrons. The van der Waals surface area contributed by atoms with Crippen LogP contribution < -0.4 is 9.80 Å². The summed E-state index contributed by atoms with van der Waals surface area (Å²) in [5.74, 6) is 2.68. The van der Waals surface area contributed by atoms with Crippen molar-refractivity contribution in [3.8, 4) is 0 Å². The van der Waals surface area contributed by atoms with Crippen molar-refractivity contribution in [1.82, 2.24) is 14.9 Å². The van der Waals surface area contributed by atoms with E-state index in [2.05, 4.69) is 32.9 Å². The van der Waals surface area contributed by atoms with Crippen LogP contribution in [0.2, 0.25) is 0 Å². The van der Waals surface area contributed by atoms with E-state index in [9.17, 15) is 0 Å². The zero-order valence-electron chi connectivity index (χ0n) is 15.3. The highest BCUT2D eigenvalue weighted by atomic mass is 16.5. The second-order valence-electron chi connectivity index (χ2n) is 7.38. The Morgan fingerprint density at radius 2 is 2.00 bits per heavy atom. The first-order valence-corrected chi connectivity index (χ1v) is 9.16. The lowest BCUT2D eigenvalue weighted by Crippen LogP contribution is -2.48. The molecule has 2 fully saturated rings. The third-order valence-electron chi connectivity index (χ3n) is 5.26. The number of hydrogen-bond donors (Lipinski definition) is 0. The molecule has 0 spiro atoms. The minimum absolute atomic E-state index is 0.521. The molecule has 24 heavy (non-hydrogen) atoms. The Morgan fingerprint density at radius 3 is 2.75 bits per heavy atom. The molecule has 1 aromatic heterocycles. The molecule has 3 heterocycles. The normalized spacial score (nSPS) is 25.5. The first kappa shape index (κ1) is 17.4. The molecule has 0 aliphatic carbocycles. The lowest BCUT2D eigenvalue weighted by atomic mass is 9.98. The molecule has 6 nitrogen and oxygen atoms in total. The third kappa shape index (κ3) is 4.36. The third-order valence-corrected chi connectivity index (χ3v) is 5.26. The van der Waals surface area contributed by atoms with Crippen LogP contribution in [0.15, 0.2) is 12.4 Å². The molecular weight excluding hydrogens is 302 g/mol. The van der Waals surface area contributed by atoms with Crippen molar-refractivity contribution >= 4 is 11.6 Å². The van der Waals surface area contributed by atoms with E-state index < -0.39 is 0 Å². The maximum atomic E-state index is 5.64. The van der Waals surface area contributed by atoms with Crippen LogP contribution in [0.4, 0.5) is 11.6 Å². The van der Waals surface area contributed by atoms with Gasteiger partial charge in [-0.05, 0) is 38.1 Å². The van der Waals surface area contributed by atoms with Crippen LogP contribution in [-0.4, -0.2) is 74.9 Å². The van der Waals surface area contributed by atoms with Crippen molar-refractivity contribution in [3.05, 3.63) is 12.4 Å². The molecule has 0 aromatic carbocycles. The summed E-state index contributed by atoms with van der Waals surface area (Å²) in [6.45, 7) is 5.40. The van der Waals surface area contributed by atoms with Crippen LogP contribution in [0.25, 0.3) is 0 Å². The van der Waals surface area contributed by atoms with Crippen molar-refractivity contribution in [2.75, 3.05) is 63.8 Å². The monoisotopic (exact) mass is 333 g/mol. The Kier molecular flexibility index (Phi) is 5.89. The molecule has 6 heteroatoms. The van der Waals surface area contributed by atoms with Crippen molar-refractivity contribution in [2.45, 2.75) is 31.7 Å². The highest BCUT2D eigenvalue weighted by Crippen LogP contribution is 2.23. The van der Waals surface area contributed by atoms with E-state index in [0.717, 1.165) is 31.4 Å². The summed E-state index contributed by atoms with van der Waals surface area (Å²) in [6, 6.07) is 2.60. The van der Waals surface area contributed by atoms with Crippen LogP contribution in [0, 0.1) is 5.92 Å². The van der Waals surface area contributed by atoms with Crippen LogP contribution in [0.1, 0.15) is 25.7 Å². The molecule has 2 saturated heterocycles. The Morgan fingerprint density at radius 1 is 1.17 bits per heavy atom. The molecule has 0 saturated carbocycles. The summed E-state index contributed by atoms with van der Waals surface area (Å²) < 4.78 is 5.64. The van der Waals surface area contributed by atoms with E-state index in [0.29, 0.717) is 12.0 Å². The molecule has 0 radical (unpaired) electrons. The highest BCUT2D eigenvalue weighted by molar-refractivity contribution is 5.49. The van der Waals surface area contributed by atoms with Crippen molar-refractivity contribution in [2.24, 2.45) is 5.92 Å². The van der Waals surface area contributed by atoms with E-state index >= 15 is 0 Å². The summed E-state index contributed by atoms with van der Waals surface area (Å²) in [7, 11) is 6.20. The number of likely N-dealkylation sites (N-methyl/N-ethyl adjacent to an activating group) is 1. The molecule has 1 aromatic rings. The minimum Gasteiger partial charge on any atom is -0.381 e. The van der Waals surface area contributed by atoms with Gasteiger partial charge in [0.15, 0.2) is 0 Å². The Balaban J connectivity index is 1.60. The van der Waals surface area contributed by atoms with E-state index in [1.54, 1.807) is 6.33 Å². The number of ether oxygens (including phenoxy) is 1. The van der Waals surface area contributed by atoms with Gasteiger partial charge in [0.25, 0.3) is 0 Å². The Hall–Kier alpha value is -1.40. The van der Waals surface area contributed by atoms with Crippen LogP contribution >= 0.6 is 0 Å². The van der Waals surface area contributed by atoms with Gasteiger partial charge in [-0.15, -0.1) is 0 Å². The Labute approximate surface area is 145 Å². The van der Waals surface area contributed by atoms with Gasteiger partial charge in [0.2, 0.25) is 0 Å². The average molecular weight is 333 g/mol. The van der Waals surface area contributed by atoms with Crippen molar-refractivity contribution in [1.29, 1.82) is 0 Å². The largest absolute Gasteiger partial charge is 0.381 e. The van der Waals surface area contributed by atoms with Crippen LogP contribution in [0.3, 0.4) is 0 Å². The van der Waals surface area contributed by atoms with E-state index in [1.165, 1.54) is 38.8 Å². The summed E-state index contributed by atoms with van der Waals surface area (Å²) in [4.78, 5) is 15.8. The van der Waals surface area contributed by atoms with Gasteiger partial charge in [0.05, 0.1) is 6.61 Å². The fourth-order valence-electron chi connectivity index (χ4n) is 3.79. The second kappa shape index (κ2) is 8.12. The van der Waals surface area contributed by atoms with E-state index in [-0.39, 0.29) is 0 Å². The van der Waals surface area contributed by atoms with Gasteiger partial charge < -0.3 is 19.4 Å². The van der Waals surface area contributed by atoms with Crippen molar-refractivity contribution < 1.29 is 4.74 Å². The predicted octanol–water partition coefficient (Wildman–Crippen LogP) is 1.87. The smallest absolute Gasteiger partial charge is 0.134 e. The highest BCUT2D eigenvalue weighted by Gasteiger charge is 2.26. The first-order chi connectivity index (χ1) is 11.6. The maximum absolute atomic E-state index is 5.64. The predicted molar refractivity (Wildman–Crippen MR) is 97.8 cm³/mol. The first-order valence-electron chi connectivity index (χ1n) is 9.16. The molecule has 2 atom stereocenters. The second-order valence-corrected chi connectivity index (χ2v) is 7.38. The SMILES string of the molecule is CN(C)c1cc(N(C)C2CCCN(CC3CCCOC3)C2)ncn1. The summed E-state index contributed by atoms with van der Waals surface area (Å²) >= 11 is 0. The van der Waals surface area contributed by atoms with E-state index in [1.807, 2.05) is 19.0 Å². The van der Waals surface area contributed by atoms with Gasteiger partial charge in [-0.1, -0.05) is 0 Å². The molecule has 0 amide bonds. The van der Waals surface area contributed by atoms with Gasteiger partial charge in [0.1, 0.15) is 18.0 Å². The standard InChI is InChI=1S/C18H31N5O/c1-21(2)17-10-18(20-14-19-17)22(3)16-7-4-8-23(12-16)11-15-6-5-9-24-13-15/h10,14-16H,4-9,11-13H2,1-3H3. The number of rotatable bonds is 5. The van der Waals surface area contributed by atoms with Crippen molar-refractivity contribution in [3.63, 3.8) is 0 Å². The molecule has 0 N–H and O–H groups in total.